The Morgan fingerprint density at radius 1 is 1.60 bits per heavy atom. The van der Waals surface area contributed by atoms with E-state index in [1.54, 1.807) is 0 Å². The average Bonchev–Trinajstić information content (AvgIpc) is 1.80. The highest BCUT2D eigenvalue weighted by molar-refractivity contribution is 8.01. The van der Waals surface area contributed by atoms with Crippen LogP contribution in [0.3, 0.4) is 0 Å². The van der Waals surface area contributed by atoms with Crippen LogP contribution in [0.25, 0.3) is 0 Å². The summed E-state index contributed by atoms with van der Waals surface area (Å²) in [5.74, 6) is 0. The minimum Gasteiger partial charge on any atom is -0.379 e. The van der Waals surface area contributed by atoms with E-state index in [-0.39, 0.29) is 4.75 Å². The third-order valence-corrected chi connectivity index (χ3v) is 3.00. The van der Waals surface area contributed by atoms with Crippen molar-refractivity contribution in [3.05, 3.63) is 0 Å². The van der Waals surface area contributed by atoms with Gasteiger partial charge in [0, 0.05) is 11.3 Å². The van der Waals surface area contributed by atoms with Gasteiger partial charge >= 0.3 is 0 Å². The maximum atomic E-state index is 5.57. The molecule has 1 heterocycles. The molecule has 1 aliphatic rings. The van der Waals surface area contributed by atoms with E-state index in [2.05, 4.69) is 13.8 Å². The average molecular weight is 161 g/mol. The van der Waals surface area contributed by atoms with Gasteiger partial charge in [-0.25, -0.2) is 0 Å². The second-order valence-electron chi connectivity index (χ2n) is 3.24. The largest absolute Gasteiger partial charge is 0.379 e. The molecule has 0 unspecified atom stereocenters. The van der Waals surface area contributed by atoms with E-state index in [1.165, 1.54) is 0 Å². The lowest BCUT2D eigenvalue weighted by Crippen LogP contribution is -2.38. The number of rotatable bonds is 3. The van der Waals surface area contributed by atoms with Crippen molar-refractivity contribution in [2.45, 2.75) is 23.8 Å². The molecule has 0 saturated carbocycles. The molecule has 0 aromatic rings. The second kappa shape index (κ2) is 3.11. The predicted molar refractivity (Wildman–Crippen MR) is 45.3 cm³/mol. The van der Waals surface area contributed by atoms with E-state index in [0.717, 1.165) is 19.8 Å². The Labute approximate surface area is 66.5 Å². The van der Waals surface area contributed by atoms with Gasteiger partial charge in [0.25, 0.3) is 0 Å². The maximum Gasteiger partial charge on any atom is 0.0608 e. The Morgan fingerprint density at radius 3 is 2.50 bits per heavy atom. The summed E-state index contributed by atoms with van der Waals surface area (Å²) < 4.78 is 5.29. The SMILES string of the molecule is CC(C)(CN)SC1COC1. The Kier molecular flexibility index (Phi) is 2.61. The van der Waals surface area contributed by atoms with Crippen molar-refractivity contribution in [1.29, 1.82) is 0 Å². The molecule has 0 aliphatic carbocycles. The molecule has 1 rings (SSSR count). The first-order valence-corrected chi connectivity index (χ1v) is 4.48. The summed E-state index contributed by atoms with van der Waals surface area (Å²) in [5.41, 5.74) is 5.57. The van der Waals surface area contributed by atoms with Gasteiger partial charge in [-0.15, -0.1) is 11.8 Å². The fourth-order valence-corrected chi connectivity index (χ4v) is 2.11. The number of thioether (sulfide) groups is 1. The molecule has 0 atom stereocenters. The Balaban J connectivity index is 2.21. The highest BCUT2D eigenvalue weighted by Gasteiger charge is 2.27. The van der Waals surface area contributed by atoms with Gasteiger partial charge < -0.3 is 10.5 Å². The molecule has 0 bridgehead atoms. The van der Waals surface area contributed by atoms with Crippen molar-refractivity contribution < 1.29 is 4.74 Å². The molecule has 10 heavy (non-hydrogen) atoms. The summed E-state index contributed by atoms with van der Waals surface area (Å²) in [7, 11) is 0. The topological polar surface area (TPSA) is 35.2 Å². The molecule has 0 aromatic carbocycles. The lowest BCUT2D eigenvalue weighted by Gasteiger charge is -2.33. The molecule has 3 heteroatoms. The van der Waals surface area contributed by atoms with Crippen molar-refractivity contribution in [1.82, 2.24) is 0 Å². The van der Waals surface area contributed by atoms with Crippen LogP contribution in [0.5, 0.6) is 0 Å². The van der Waals surface area contributed by atoms with E-state index in [4.69, 9.17) is 10.5 Å². The monoisotopic (exact) mass is 161 g/mol. The van der Waals surface area contributed by atoms with Crippen LogP contribution in [0.1, 0.15) is 13.8 Å². The van der Waals surface area contributed by atoms with Gasteiger partial charge in [-0.1, -0.05) is 0 Å². The maximum absolute atomic E-state index is 5.57. The molecular formula is C7H15NOS. The lowest BCUT2D eigenvalue weighted by atomic mass is 10.2. The fraction of sp³-hybridized carbons (Fsp3) is 1.00. The van der Waals surface area contributed by atoms with Crippen molar-refractivity contribution in [3.8, 4) is 0 Å². The predicted octanol–water partition coefficient (Wildman–Crippen LogP) is 0.856. The summed E-state index contributed by atoms with van der Waals surface area (Å²) in [6.07, 6.45) is 0. The minimum atomic E-state index is 0.231. The summed E-state index contributed by atoms with van der Waals surface area (Å²) >= 11 is 1.94. The summed E-state index contributed by atoms with van der Waals surface area (Å²) in [6.45, 7) is 6.92. The molecule has 0 amide bonds. The van der Waals surface area contributed by atoms with Gasteiger partial charge in [0.2, 0.25) is 0 Å². The normalized spacial score (nSPS) is 20.7. The second-order valence-corrected chi connectivity index (χ2v) is 5.25. The van der Waals surface area contributed by atoms with E-state index >= 15 is 0 Å². The summed E-state index contributed by atoms with van der Waals surface area (Å²) in [4.78, 5) is 0. The van der Waals surface area contributed by atoms with Crippen LogP contribution in [0.4, 0.5) is 0 Å². The molecule has 0 radical (unpaired) electrons. The van der Waals surface area contributed by atoms with Crippen molar-refractivity contribution in [3.63, 3.8) is 0 Å². The summed E-state index contributed by atoms with van der Waals surface area (Å²) in [5, 5.41) is 0.693. The van der Waals surface area contributed by atoms with Crippen LogP contribution < -0.4 is 5.73 Å². The Morgan fingerprint density at radius 2 is 2.20 bits per heavy atom. The summed E-state index contributed by atoms with van der Waals surface area (Å²) in [6, 6.07) is 0. The quantitative estimate of drug-likeness (QED) is 0.666. The molecule has 0 spiro atoms. The number of hydrogen-bond donors (Lipinski definition) is 1. The van der Waals surface area contributed by atoms with E-state index in [1.807, 2.05) is 11.8 Å². The lowest BCUT2D eigenvalue weighted by molar-refractivity contribution is 0.0450. The van der Waals surface area contributed by atoms with Crippen molar-refractivity contribution >= 4 is 11.8 Å². The third kappa shape index (κ3) is 2.15. The van der Waals surface area contributed by atoms with Crippen LogP contribution >= 0.6 is 11.8 Å². The Bertz CT molecular complexity index is 112. The van der Waals surface area contributed by atoms with Crippen molar-refractivity contribution in [2.24, 2.45) is 5.73 Å². The van der Waals surface area contributed by atoms with Crippen LogP contribution in [0.2, 0.25) is 0 Å². The smallest absolute Gasteiger partial charge is 0.0608 e. The number of ether oxygens (including phenoxy) is 1. The first-order valence-electron chi connectivity index (χ1n) is 3.60. The zero-order valence-corrected chi connectivity index (χ0v) is 7.41. The fourth-order valence-electron chi connectivity index (χ4n) is 0.781. The zero-order chi connectivity index (χ0) is 7.61. The van der Waals surface area contributed by atoms with E-state index in [0.29, 0.717) is 5.25 Å². The van der Waals surface area contributed by atoms with Gasteiger partial charge in [0.05, 0.1) is 18.5 Å². The highest BCUT2D eigenvalue weighted by atomic mass is 32.2. The van der Waals surface area contributed by atoms with Crippen LogP contribution in [-0.4, -0.2) is 29.8 Å². The molecule has 2 nitrogen and oxygen atoms in total. The molecule has 1 aliphatic heterocycles. The number of hydrogen-bond acceptors (Lipinski definition) is 3. The molecule has 60 valence electrons. The van der Waals surface area contributed by atoms with Gasteiger partial charge in [0.1, 0.15) is 0 Å². The van der Waals surface area contributed by atoms with Crippen LogP contribution in [0.15, 0.2) is 0 Å². The van der Waals surface area contributed by atoms with Crippen molar-refractivity contribution in [2.75, 3.05) is 19.8 Å². The van der Waals surface area contributed by atoms with E-state index in [9.17, 15) is 0 Å². The molecule has 1 saturated heterocycles. The molecule has 2 N–H and O–H groups in total. The zero-order valence-electron chi connectivity index (χ0n) is 6.59. The van der Waals surface area contributed by atoms with Gasteiger partial charge in [-0.3, -0.25) is 0 Å². The first-order chi connectivity index (χ1) is 4.64. The first kappa shape index (κ1) is 8.37. The van der Waals surface area contributed by atoms with Gasteiger partial charge in [0.15, 0.2) is 0 Å². The number of nitrogens with two attached hydrogens (primary N) is 1. The van der Waals surface area contributed by atoms with Gasteiger partial charge in [-0.2, -0.15) is 0 Å². The highest BCUT2D eigenvalue weighted by Crippen LogP contribution is 2.31. The molecule has 0 aromatic heterocycles. The molecule has 1 fully saturated rings. The van der Waals surface area contributed by atoms with Gasteiger partial charge in [-0.05, 0) is 13.8 Å². The standard InChI is InChI=1S/C7H15NOS/c1-7(2,5-8)10-6-3-9-4-6/h6H,3-5,8H2,1-2H3. The molecular weight excluding hydrogens is 146 g/mol. The minimum absolute atomic E-state index is 0.231. The van der Waals surface area contributed by atoms with Crippen LogP contribution in [0, 0.1) is 0 Å². The third-order valence-electron chi connectivity index (χ3n) is 1.58. The van der Waals surface area contributed by atoms with E-state index < -0.39 is 0 Å². The Hall–Kier alpha value is 0.270. The van der Waals surface area contributed by atoms with Crippen LogP contribution in [-0.2, 0) is 4.74 Å².